The average molecular weight is 318 g/mol. The Balaban J connectivity index is 2.20. The maximum Gasteiger partial charge on any atom is 0.166 e. The first kappa shape index (κ1) is 16.3. The fraction of sp³-hybridized carbons (Fsp3) is 0.538. The van der Waals surface area contributed by atoms with Crippen molar-refractivity contribution in [2.24, 2.45) is 0 Å². The molecule has 21 heavy (non-hydrogen) atoms. The Hall–Kier alpha value is -1.03. The van der Waals surface area contributed by atoms with Gasteiger partial charge in [-0.05, 0) is 24.3 Å². The Bertz CT molecular complexity index is 490. The molecule has 4 N–H and O–H groups in total. The zero-order valence-corrected chi connectivity index (χ0v) is 12.1. The summed E-state index contributed by atoms with van der Waals surface area (Å²) in [7, 11) is -0.275. The van der Waals surface area contributed by atoms with E-state index in [1.807, 2.05) is 0 Å². The van der Waals surface area contributed by atoms with Crippen LogP contribution in [-0.2, 0) is 15.5 Å². The third-order valence-corrected chi connectivity index (χ3v) is 4.90. The van der Waals surface area contributed by atoms with Gasteiger partial charge in [0, 0.05) is 4.90 Å². The van der Waals surface area contributed by atoms with Crippen LogP contribution in [0.25, 0.3) is 0 Å². The predicted octanol–water partition coefficient (Wildman–Crippen LogP) is -1.40. The Morgan fingerprint density at radius 2 is 1.76 bits per heavy atom. The van der Waals surface area contributed by atoms with Crippen LogP contribution in [0.15, 0.2) is 29.2 Å². The normalized spacial score (nSPS) is 34.4. The summed E-state index contributed by atoms with van der Waals surface area (Å²) in [6, 6.07) is 6.32. The van der Waals surface area contributed by atoms with Gasteiger partial charge in [-0.15, -0.1) is 0 Å². The summed E-state index contributed by atoms with van der Waals surface area (Å²) >= 11 is 0. The van der Waals surface area contributed by atoms with E-state index in [2.05, 4.69) is 0 Å². The molecule has 1 fully saturated rings. The highest BCUT2D eigenvalue weighted by atomic mass is 32.2. The molecule has 0 spiro atoms. The first-order chi connectivity index (χ1) is 9.99. The van der Waals surface area contributed by atoms with E-state index in [9.17, 15) is 19.5 Å². The maximum atomic E-state index is 12.4. The number of hydrogen-bond acceptors (Lipinski definition) is 7. The van der Waals surface area contributed by atoms with E-state index in [1.165, 1.54) is 7.11 Å². The molecule has 0 saturated carbocycles. The van der Waals surface area contributed by atoms with Crippen molar-refractivity contribution < 1.29 is 34.1 Å². The molecule has 1 aliphatic rings. The van der Waals surface area contributed by atoms with Gasteiger partial charge in [-0.25, -0.2) is 0 Å². The molecule has 8 heteroatoms. The maximum absolute atomic E-state index is 12.4. The highest BCUT2D eigenvalue weighted by Crippen LogP contribution is 2.27. The average Bonchev–Trinajstić information content (AvgIpc) is 2.52. The van der Waals surface area contributed by atoms with Gasteiger partial charge in [0.1, 0.15) is 30.2 Å². The van der Waals surface area contributed by atoms with E-state index in [0.29, 0.717) is 10.6 Å². The SMILES string of the molecule is COc1ccc(S(=O)[C@@H]2O[C@H](CO)[C@@H](O)[C@H](O)[C@H]2O)cc1. The van der Waals surface area contributed by atoms with Gasteiger partial charge in [-0.3, -0.25) is 4.21 Å². The van der Waals surface area contributed by atoms with Gasteiger partial charge in [0.2, 0.25) is 0 Å². The zero-order chi connectivity index (χ0) is 15.6. The summed E-state index contributed by atoms with van der Waals surface area (Å²) in [5.74, 6) is 0.588. The molecule has 0 bridgehead atoms. The van der Waals surface area contributed by atoms with Crippen LogP contribution in [-0.4, -0.2) is 68.2 Å². The highest BCUT2D eigenvalue weighted by molar-refractivity contribution is 7.85. The molecule has 2 rings (SSSR count). The monoisotopic (exact) mass is 318 g/mol. The lowest BCUT2D eigenvalue weighted by Crippen LogP contribution is -2.59. The number of aliphatic hydroxyl groups excluding tert-OH is 4. The van der Waals surface area contributed by atoms with Gasteiger partial charge in [-0.1, -0.05) is 0 Å². The van der Waals surface area contributed by atoms with E-state index in [-0.39, 0.29) is 0 Å². The molecule has 0 amide bonds. The molecule has 0 aliphatic carbocycles. The third kappa shape index (κ3) is 3.25. The van der Waals surface area contributed by atoms with Crippen molar-refractivity contribution in [2.45, 2.75) is 34.7 Å². The lowest BCUT2D eigenvalue weighted by molar-refractivity contribution is -0.206. The number of aliphatic hydroxyl groups is 4. The molecular weight excluding hydrogens is 300 g/mol. The highest BCUT2D eigenvalue weighted by Gasteiger charge is 2.46. The van der Waals surface area contributed by atoms with Crippen molar-refractivity contribution in [3.63, 3.8) is 0 Å². The quantitative estimate of drug-likeness (QED) is 0.539. The first-order valence-corrected chi connectivity index (χ1v) is 7.56. The van der Waals surface area contributed by atoms with Crippen LogP contribution in [0.1, 0.15) is 0 Å². The Kier molecular flexibility index (Phi) is 5.31. The number of rotatable bonds is 4. The van der Waals surface area contributed by atoms with Gasteiger partial charge in [-0.2, -0.15) is 0 Å². The second kappa shape index (κ2) is 6.82. The minimum atomic E-state index is -1.78. The number of ether oxygens (including phenoxy) is 2. The molecule has 1 aromatic rings. The first-order valence-electron chi connectivity index (χ1n) is 6.34. The molecule has 6 atom stereocenters. The van der Waals surface area contributed by atoms with Gasteiger partial charge in [0.05, 0.1) is 24.5 Å². The largest absolute Gasteiger partial charge is 0.497 e. The standard InChI is InChI=1S/C13H18O7S/c1-19-7-2-4-8(5-3-7)21(18)13-12(17)11(16)10(15)9(6-14)20-13/h2-5,9-17H,6H2,1H3/t9-,10-,11+,12-,13+,21?/m1/s1. The van der Waals surface area contributed by atoms with Crippen molar-refractivity contribution >= 4 is 10.8 Å². The van der Waals surface area contributed by atoms with E-state index < -0.39 is 47.3 Å². The van der Waals surface area contributed by atoms with Crippen LogP contribution >= 0.6 is 0 Å². The summed E-state index contributed by atoms with van der Waals surface area (Å²) in [6.07, 6.45) is -5.60. The van der Waals surface area contributed by atoms with Crippen molar-refractivity contribution in [1.82, 2.24) is 0 Å². The van der Waals surface area contributed by atoms with Crippen molar-refractivity contribution in [1.29, 1.82) is 0 Å². The Morgan fingerprint density at radius 3 is 2.29 bits per heavy atom. The number of methoxy groups -OCH3 is 1. The Morgan fingerprint density at radius 1 is 1.14 bits per heavy atom. The summed E-state index contributed by atoms with van der Waals surface area (Å²) in [5.41, 5.74) is -1.24. The summed E-state index contributed by atoms with van der Waals surface area (Å²) in [5, 5.41) is 38.4. The van der Waals surface area contributed by atoms with Crippen LogP contribution in [0.5, 0.6) is 5.75 Å². The summed E-state index contributed by atoms with van der Waals surface area (Å²) in [6.45, 7) is -0.554. The van der Waals surface area contributed by atoms with E-state index in [4.69, 9.17) is 14.6 Å². The van der Waals surface area contributed by atoms with E-state index in [0.717, 1.165) is 0 Å². The second-order valence-corrected chi connectivity index (χ2v) is 6.20. The van der Waals surface area contributed by atoms with Gasteiger partial charge >= 0.3 is 0 Å². The molecule has 1 aliphatic heterocycles. The Labute approximate surface area is 124 Å². The molecule has 7 nitrogen and oxygen atoms in total. The zero-order valence-electron chi connectivity index (χ0n) is 11.3. The van der Waals surface area contributed by atoms with Crippen LogP contribution in [0.3, 0.4) is 0 Å². The number of benzene rings is 1. The molecule has 0 radical (unpaired) electrons. The van der Waals surface area contributed by atoms with E-state index >= 15 is 0 Å². The third-order valence-electron chi connectivity index (χ3n) is 3.35. The van der Waals surface area contributed by atoms with Crippen molar-refractivity contribution in [3.8, 4) is 5.75 Å². The molecule has 1 aromatic carbocycles. The van der Waals surface area contributed by atoms with Gasteiger partial charge < -0.3 is 29.9 Å². The number of hydrogen-bond donors (Lipinski definition) is 4. The fourth-order valence-electron chi connectivity index (χ4n) is 2.09. The predicted molar refractivity (Wildman–Crippen MR) is 73.2 cm³/mol. The van der Waals surface area contributed by atoms with Crippen LogP contribution in [0, 0.1) is 0 Å². The van der Waals surface area contributed by atoms with Gasteiger partial charge in [0.25, 0.3) is 0 Å². The minimum Gasteiger partial charge on any atom is -0.497 e. The molecule has 1 unspecified atom stereocenters. The molecule has 1 saturated heterocycles. The second-order valence-electron chi connectivity index (χ2n) is 4.67. The van der Waals surface area contributed by atoms with Crippen molar-refractivity contribution in [3.05, 3.63) is 24.3 Å². The van der Waals surface area contributed by atoms with E-state index in [1.54, 1.807) is 24.3 Å². The lowest BCUT2D eigenvalue weighted by Gasteiger charge is -2.39. The molecule has 1 heterocycles. The summed E-state index contributed by atoms with van der Waals surface area (Å²) < 4.78 is 22.7. The summed E-state index contributed by atoms with van der Waals surface area (Å²) in [4.78, 5) is 0.375. The van der Waals surface area contributed by atoms with Crippen molar-refractivity contribution in [2.75, 3.05) is 13.7 Å². The molecule has 0 aromatic heterocycles. The lowest BCUT2D eigenvalue weighted by atomic mass is 10.0. The molecule has 118 valence electrons. The smallest absolute Gasteiger partial charge is 0.166 e. The fourth-order valence-corrected chi connectivity index (χ4v) is 3.42. The van der Waals surface area contributed by atoms with Gasteiger partial charge in [0.15, 0.2) is 5.44 Å². The van der Waals surface area contributed by atoms with Crippen LogP contribution in [0.4, 0.5) is 0 Å². The van der Waals surface area contributed by atoms with Crippen LogP contribution in [0.2, 0.25) is 0 Å². The molecular formula is C13H18O7S. The van der Waals surface area contributed by atoms with Crippen LogP contribution < -0.4 is 4.74 Å². The minimum absolute atomic E-state index is 0.375. The topological polar surface area (TPSA) is 116 Å².